The highest BCUT2D eigenvalue weighted by Gasteiger charge is 2.52. The molecule has 7 rings (SSSR count). The normalized spacial score (nSPS) is 16.0. The van der Waals surface area contributed by atoms with Crippen molar-refractivity contribution in [3.8, 4) is 34.2 Å². The Morgan fingerprint density at radius 1 is 0.463 bits per heavy atom. The Hall–Kier alpha value is -4.39. The standard InChI is InChI=1S/C35H30BN3O2/c1-34(2)35(3,4)41-36(40-34)30-22-10-9-19-29(30)33-38-31(27-20-11-15-23-13-5-7-17-25(23)27)37-32(39-33)28-21-12-16-24-14-6-8-18-26(24)28/h5-22H,1-4H3. The van der Waals surface area contributed by atoms with Crippen molar-refractivity contribution in [2.24, 2.45) is 0 Å². The van der Waals surface area contributed by atoms with Gasteiger partial charge in [0.1, 0.15) is 0 Å². The Labute approximate surface area is 240 Å². The predicted octanol–water partition coefficient (Wildman–Crippen LogP) is 7.48. The maximum atomic E-state index is 6.46. The maximum absolute atomic E-state index is 6.46. The smallest absolute Gasteiger partial charge is 0.399 e. The highest BCUT2D eigenvalue weighted by Crippen LogP contribution is 2.38. The van der Waals surface area contributed by atoms with Gasteiger partial charge in [0.2, 0.25) is 0 Å². The highest BCUT2D eigenvalue weighted by atomic mass is 16.7. The van der Waals surface area contributed by atoms with Crippen LogP contribution in [0.25, 0.3) is 55.7 Å². The zero-order chi connectivity index (χ0) is 28.2. The fourth-order valence-electron chi connectivity index (χ4n) is 5.45. The average molecular weight is 535 g/mol. The lowest BCUT2D eigenvalue weighted by Crippen LogP contribution is -2.41. The zero-order valence-electron chi connectivity index (χ0n) is 23.6. The van der Waals surface area contributed by atoms with E-state index in [1.807, 2.05) is 48.5 Å². The molecular formula is C35H30BN3O2. The second-order valence-corrected chi connectivity index (χ2v) is 11.5. The minimum absolute atomic E-state index is 0.466. The molecule has 5 nitrogen and oxygen atoms in total. The molecule has 0 atom stereocenters. The van der Waals surface area contributed by atoms with Crippen molar-refractivity contribution < 1.29 is 9.31 Å². The van der Waals surface area contributed by atoms with Crippen LogP contribution in [0.2, 0.25) is 0 Å². The fourth-order valence-corrected chi connectivity index (χ4v) is 5.45. The summed E-state index contributed by atoms with van der Waals surface area (Å²) in [4.78, 5) is 15.3. The number of hydrogen-bond acceptors (Lipinski definition) is 5. The monoisotopic (exact) mass is 535 g/mol. The highest BCUT2D eigenvalue weighted by molar-refractivity contribution is 6.63. The van der Waals surface area contributed by atoms with E-state index in [1.54, 1.807) is 0 Å². The molecule has 0 saturated carbocycles. The first kappa shape index (κ1) is 25.6. The van der Waals surface area contributed by atoms with Crippen LogP contribution in [0.4, 0.5) is 0 Å². The van der Waals surface area contributed by atoms with Crippen molar-refractivity contribution in [1.82, 2.24) is 15.0 Å². The lowest BCUT2D eigenvalue weighted by Gasteiger charge is -2.32. The van der Waals surface area contributed by atoms with Gasteiger partial charge in [-0.25, -0.2) is 15.0 Å². The molecule has 41 heavy (non-hydrogen) atoms. The average Bonchev–Trinajstić information content (AvgIpc) is 3.22. The molecule has 1 aliphatic rings. The van der Waals surface area contributed by atoms with Crippen LogP contribution in [-0.2, 0) is 9.31 Å². The number of fused-ring (bicyclic) bond motifs is 2. The lowest BCUT2D eigenvalue weighted by molar-refractivity contribution is 0.00578. The number of aromatic nitrogens is 3. The van der Waals surface area contributed by atoms with Crippen molar-refractivity contribution in [3.63, 3.8) is 0 Å². The van der Waals surface area contributed by atoms with Crippen LogP contribution in [0.15, 0.2) is 109 Å². The zero-order valence-corrected chi connectivity index (χ0v) is 23.6. The largest absolute Gasteiger partial charge is 0.495 e. The Morgan fingerprint density at radius 3 is 1.39 bits per heavy atom. The van der Waals surface area contributed by atoms with Gasteiger partial charge >= 0.3 is 7.12 Å². The first-order valence-corrected chi connectivity index (χ1v) is 14.0. The molecule has 6 aromatic rings. The van der Waals surface area contributed by atoms with Crippen LogP contribution in [0.1, 0.15) is 27.7 Å². The molecular weight excluding hydrogens is 505 g/mol. The van der Waals surface area contributed by atoms with Crippen molar-refractivity contribution in [2.45, 2.75) is 38.9 Å². The second-order valence-electron chi connectivity index (χ2n) is 11.5. The van der Waals surface area contributed by atoms with E-state index in [1.165, 1.54) is 0 Å². The summed E-state index contributed by atoms with van der Waals surface area (Å²) < 4.78 is 12.9. The first-order valence-electron chi connectivity index (χ1n) is 14.0. The molecule has 0 amide bonds. The van der Waals surface area contributed by atoms with Gasteiger partial charge in [0.05, 0.1) is 11.2 Å². The molecule has 200 valence electrons. The maximum Gasteiger partial charge on any atom is 0.495 e. The summed E-state index contributed by atoms with van der Waals surface area (Å²) in [5.74, 6) is 1.83. The van der Waals surface area contributed by atoms with Gasteiger partial charge in [-0.1, -0.05) is 109 Å². The van der Waals surface area contributed by atoms with Crippen LogP contribution in [0.5, 0.6) is 0 Å². The summed E-state index contributed by atoms with van der Waals surface area (Å²) >= 11 is 0. The van der Waals surface area contributed by atoms with E-state index >= 15 is 0 Å². The number of hydrogen-bond donors (Lipinski definition) is 0. The van der Waals surface area contributed by atoms with E-state index in [-0.39, 0.29) is 0 Å². The van der Waals surface area contributed by atoms with Crippen LogP contribution >= 0.6 is 0 Å². The van der Waals surface area contributed by atoms with E-state index < -0.39 is 18.3 Å². The SMILES string of the molecule is CC1(C)OB(c2ccccc2-c2nc(-c3cccc4ccccc34)nc(-c3cccc4ccccc34)n2)OC1(C)C. The molecule has 0 aliphatic carbocycles. The van der Waals surface area contributed by atoms with E-state index in [4.69, 9.17) is 24.3 Å². The summed E-state index contributed by atoms with van der Waals surface area (Å²) in [6.07, 6.45) is 0. The Balaban J connectivity index is 1.47. The van der Waals surface area contributed by atoms with Gasteiger partial charge in [0.15, 0.2) is 17.5 Å². The van der Waals surface area contributed by atoms with Gasteiger partial charge in [-0.3, -0.25) is 0 Å². The van der Waals surface area contributed by atoms with Gasteiger partial charge in [-0.2, -0.15) is 0 Å². The van der Waals surface area contributed by atoms with Crippen molar-refractivity contribution in [3.05, 3.63) is 109 Å². The van der Waals surface area contributed by atoms with Crippen molar-refractivity contribution in [2.75, 3.05) is 0 Å². The second kappa shape index (κ2) is 9.62. The predicted molar refractivity (Wildman–Crippen MR) is 167 cm³/mol. The van der Waals surface area contributed by atoms with Gasteiger partial charge in [0.25, 0.3) is 0 Å². The fraction of sp³-hybridized carbons (Fsp3) is 0.171. The van der Waals surface area contributed by atoms with Gasteiger partial charge in [0, 0.05) is 16.7 Å². The van der Waals surface area contributed by atoms with Crippen LogP contribution in [0, 0.1) is 0 Å². The minimum atomic E-state index is -0.546. The Morgan fingerprint density at radius 2 is 0.854 bits per heavy atom. The molecule has 1 fully saturated rings. The van der Waals surface area contributed by atoms with Gasteiger partial charge < -0.3 is 9.31 Å². The summed E-state index contributed by atoms with van der Waals surface area (Å²) in [6.45, 7) is 8.26. The van der Waals surface area contributed by atoms with Crippen LogP contribution < -0.4 is 5.46 Å². The molecule has 1 saturated heterocycles. The van der Waals surface area contributed by atoms with Gasteiger partial charge in [-0.05, 0) is 54.7 Å². The summed E-state index contributed by atoms with van der Waals surface area (Å²) in [7, 11) is -0.546. The number of benzene rings is 5. The third-order valence-electron chi connectivity index (χ3n) is 8.41. The minimum Gasteiger partial charge on any atom is -0.399 e. The number of rotatable bonds is 4. The topological polar surface area (TPSA) is 57.1 Å². The molecule has 0 bridgehead atoms. The third kappa shape index (κ3) is 4.40. The molecule has 5 aromatic carbocycles. The van der Waals surface area contributed by atoms with Crippen LogP contribution in [0.3, 0.4) is 0 Å². The molecule has 0 radical (unpaired) electrons. The third-order valence-corrected chi connectivity index (χ3v) is 8.41. The molecule has 1 aliphatic heterocycles. The van der Waals surface area contributed by atoms with Crippen molar-refractivity contribution in [1.29, 1.82) is 0 Å². The van der Waals surface area contributed by atoms with Gasteiger partial charge in [-0.15, -0.1) is 0 Å². The lowest BCUT2D eigenvalue weighted by atomic mass is 9.75. The summed E-state index contributed by atoms with van der Waals surface area (Å²) in [5, 5.41) is 4.46. The molecule has 1 aromatic heterocycles. The summed E-state index contributed by atoms with van der Waals surface area (Å²) in [5.41, 5.74) is 2.74. The number of nitrogens with zero attached hydrogens (tertiary/aromatic N) is 3. The molecule has 0 spiro atoms. The van der Waals surface area contributed by atoms with E-state index in [0.717, 1.165) is 43.7 Å². The quantitative estimate of drug-likeness (QED) is 0.219. The Kier molecular flexibility index (Phi) is 6.00. The molecule has 6 heteroatoms. The molecule has 2 heterocycles. The van der Waals surface area contributed by atoms with E-state index in [0.29, 0.717) is 17.5 Å². The Bertz CT molecular complexity index is 1810. The van der Waals surface area contributed by atoms with E-state index in [2.05, 4.69) is 88.4 Å². The van der Waals surface area contributed by atoms with E-state index in [9.17, 15) is 0 Å². The first-order chi connectivity index (χ1) is 19.8. The van der Waals surface area contributed by atoms with Crippen LogP contribution in [-0.4, -0.2) is 33.3 Å². The van der Waals surface area contributed by atoms with Crippen molar-refractivity contribution >= 4 is 34.1 Å². The summed E-state index contributed by atoms with van der Waals surface area (Å²) in [6, 6.07) is 37.2. The molecule has 0 N–H and O–H groups in total. The molecule has 0 unspecified atom stereocenters.